The van der Waals surface area contributed by atoms with Crippen LogP contribution in [0.5, 0.6) is 5.75 Å². The summed E-state index contributed by atoms with van der Waals surface area (Å²) < 4.78 is 10.4. The molecule has 0 bridgehead atoms. The molecule has 1 saturated heterocycles. The molecular weight excluding hydrogens is 252 g/mol. The lowest BCUT2D eigenvalue weighted by Gasteiger charge is -2.24. The van der Waals surface area contributed by atoms with E-state index in [4.69, 9.17) is 21.1 Å². The Morgan fingerprint density at radius 1 is 1.44 bits per heavy atom. The predicted octanol–water partition coefficient (Wildman–Crippen LogP) is 3.20. The van der Waals surface area contributed by atoms with E-state index in [0.717, 1.165) is 38.0 Å². The minimum atomic E-state index is -0.462. The molecule has 0 aliphatic carbocycles. The number of ether oxygens (including phenoxy) is 2. The molecule has 1 heterocycles. The van der Waals surface area contributed by atoms with Crippen LogP contribution in [0.4, 0.5) is 0 Å². The van der Waals surface area contributed by atoms with Crippen molar-refractivity contribution in [2.24, 2.45) is 5.92 Å². The van der Waals surface area contributed by atoms with Gasteiger partial charge in [0.25, 0.3) is 0 Å². The molecule has 1 aliphatic rings. The minimum absolute atomic E-state index is 0.462. The van der Waals surface area contributed by atoms with Gasteiger partial charge in [-0.1, -0.05) is 17.7 Å². The van der Waals surface area contributed by atoms with Gasteiger partial charge < -0.3 is 14.6 Å². The van der Waals surface area contributed by atoms with Crippen molar-refractivity contribution < 1.29 is 14.6 Å². The van der Waals surface area contributed by atoms with E-state index in [9.17, 15) is 5.11 Å². The van der Waals surface area contributed by atoms with Crippen LogP contribution >= 0.6 is 11.6 Å². The number of halogens is 1. The predicted molar refractivity (Wildman–Crippen MR) is 71.1 cm³/mol. The molecule has 0 amide bonds. The second-order valence-corrected chi connectivity index (χ2v) is 5.11. The maximum absolute atomic E-state index is 10.2. The second-order valence-electron chi connectivity index (χ2n) is 4.70. The summed E-state index contributed by atoms with van der Waals surface area (Å²) >= 11 is 6.06. The van der Waals surface area contributed by atoms with Crippen molar-refractivity contribution in [1.82, 2.24) is 0 Å². The zero-order valence-electron chi connectivity index (χ0n) is 10.6. The fourth-order valence-corrected chi connectivity index (χ4v) is 2.59. The molecule has 1 aromatic rings. The van der Waals surface area contributed by atoms with Crippen LogP contribution < -0.4 is 4.74 Å². The lowest BCUT2D eigenvalue weighted by Crippen LogP contribution is -2.18. The van der Waals surface area contributed by atoms with Crippen LogP contribution in [-0.2, 0) is 4.74 Å². The first-order chi connectivity index (χ1) is 8.70. The standard InChI is InChI=1S/C14H19ClO3/c1-17-14-3-2-11(9-12(14)15)13(16)8-10-4-6-18-7-5-10/h2-3,9-10,13,16H,4-8H2,1H3. The van der Waals surface area contributed by atoms with Gasteiger partial charge in [-0.25, -0.2) is 0 Å². The fraction of sp³-hybridized carbons (Fsp3) is 0.571. The average Bonchev–Trinajstić information content (AvgIpc) is 2.39. The third kappa shape index (κ3) is 3.37. The van der Waals surface area contributed by atoms with Crippen LogP contribution in [-0.4, -0.2) is 25.4 Å². The first-order valence-electron chi connectivity index (χ1n) is 6.30. The second kappa shape index (κ2) is 6.41. The molecule has 18 heavy (non-hydrogen) atoms. The maximum atomic E-state index is 10.2. The van der Waals surface area contributed by atoms with Crippen LogP contribution in [0.1, 0.15) is 30.9 Å². The number of methoxy groups -OCH3 is 1. The van der Waals surface area contributed by atoms with Gasteiger partial charge in [0.1, 0.15) is 5.75 Å². The summed E-state index contributed by atoms with van der Waals surface area (Å²) in [4.78, 5) is 0. The molecule has 1 aromatic carbocycles. The fourth-order valence-electron chi connectivity index (χ4n) is 2.32. The SMILES string of the molecule is COc1ccc(C(O)CC2CCOCC2)cc1Cl. The Morgan fingerprint density at radius 2 is 2.17 bits per heavy atom. The summed E-state index contributed by atoms with van der Waals surface area (Å²) in [6, 6.07) is 5.45. The molecule has 3 nitrogen and oxygen atoms in total. The molecule has 1 N–H and O–H groups in total. The zero-order chi connectivity index (χ0) is 13.0. The Labute approximate surface area is 113 Å². The smallest absolute Gasteiger partial charge is 0.137 e. The van der Waals surface area contributed by atoms with E-state index in [1.54, 1.807) is 19.2 Å². The molecule has 0 radical (unpaired) electrons. The Kier molecular flexibility index (Phi) is 4.87. The Morgan fingerprint density at radius 3 is 2.78 bits per heavy atom. The number of rotatable bonds is 4. The largest absolute Gasteiger partial charge is 0.495 e. The third-order valence-corrected chi connectivity index (χ3v) is 3.75. The van der Waals surface area contributed by atoms with E-state index in [1.807, 2.05) is 6.07 Å². The molecule has 1 fully saturated rings. The van der Waals surface area contributed by atoms with Gasteiger partial charge in [-0.3, -0.25) is 0 Å². The maximum Gasteiger partial charge on any atom is 0.137 e. The lowest BCUT2D eigenvalue weighted by atomic mass is 9.91. The van der Waals surface area contributed by atoms with E-state index >= 15 is 0 Å². The highest BCUT2D eigenvalue weighted by atomic mass is 35.5. The van der Waals surface area contributed by atoms with Crippen molar-refractivity contribution in [2.45, 2.75) is 25.4 Å². The average molecular weight is 271 g/mol. The molecule has 1 atom stereocenters. The highest BCUT2D eigenvalue weighted by Crippen LogP contribution is 2.32. The van der Waals surface area contributed by atoms with Crippen molar-refractivity contribution in [1.29, 1.82) is 0 Å². The van der Waals surface area contributed by atoms with Gasteiger partial charge in [0.15, 0.2) is 0 Å². The van der Waals surface area contributed by atoms with Crippen molar-refractivity contribution >= 4 is 11.6 Å². The number of aliphatic hydroxyl groups excluding tert-OH is 1. The number of hydrogen-bond donors (Lipinski definition) is 1. The van der Waals surface area contributed by atoms with Crippen molar-refractivity contribution in [2.75, 3.05) is 20.3 Å². The lowest BCUT2D eigenvalue weighted by molar-refractivity contribution is 0.0435. The summed E-state index contributed by atoms with van der Waals surface area (Å²) in [6.45, 7) is 1.61. The summed E-state index contributed by atoms with van der Waals surface area (Å²) in [7, 11) is 1.58. The quantitative estimate of drug-likeness (QED) is 0.913. The normalized spacial score (nSPS) is 18.6. The minimum Gasteiger partial charge on any atom is -0.495 e. The van der Waals surface area contributed by atoms with Crippen molar-refractivity contribution in [3.05, 3.63) is 28.8 Å². The van der Waals surface area contributed by atoms with Gasteiger partial charge in [-0.15, -0.1) is 0 Å². The van der Waals surface area contributed by atoms with Gasteiger partial charge in [0.2, 0.25) is 0 Å². The van der Waals surface area contributed by atoms with Gasteiger partial charge in [0, 0.05) is 13.2 Å². The molecule has 1 aliphatic heterocycles. The Hall–Kier alpha value is -0.770. The summed E-state index contributed by atoms with van der Waals surface area (Å²) in [5.74, 6) is 1.17. The van der Waals surface area contributed by atoms with E-state index < -0.39 is 6.10 Å². The van der Waals surface area contributed by atoms with E-state index in [2.05, 4.69) is 0 Å². The Balaban J connectivity index is 1.99. The number of benzene rings is 1. The molecule has 0 saturated carbocycles. The highest BCUT2D eigenvalue weighted by Gasteiger charge is 2.19. The zero-order valence-corrected chi connectivity index (χ0v) is 11.3. The molecule has 4 heteroatoms. The highest BCUT2D eigenvalue weighted by molar-refractivity contribution is 6.32. The van der Waals surface area contributed by atoms with Crippen molar-refractivity contribution in [3.8, 4) is 5.75 Å². The van der Waals surface area contributed by atoms with Crippen LogP contribution in [0.15, 0.2) is 18.2 Å². The first-order valence-corrected chi connectivity index (χ1v) is 6.67. The summed E-state index contributed by atoms with van der Waals surface area (Å²) in [5, 5.41) is 10.8. The Bertz CT molecular complexity index is 389. The van der Waals surface area contributed by atoms with Gasteiger partial charge in [0.05, 0.1) is 18.2 Å². The van der Waals surface area contributed by atoms with Gasteiger partial charge >= 0.3 is 0 Å². The molecule has 100 valence electrons. The monoisotopic (exact) mass is 270 g/mol. The molecular formula is C14H19ClO3. The number of aliphatic hydroxyl groups is 1. The van der Waals surface area contributed by atoms with Crippen molar-refractivity contribution in [3.63, 3.8) is 0 Å². The third-order valence-electron chi connectivity index (χ3n) is 3.46. The van der Waals surface area contributed by atoms with Gasteiger partial charge in [-0.05, 0) is 42.9 Å². The molecule has 2 rings (SSSR count). The van der Waals surface area contributed by atoms with E-state index in [-0.39, 0.29) is 0 Å². The molecule has 0 spiro atoms. The summed E-state index contributed by atoms with van der Waals surface area (Å²) in [5.41, 5.74) is 0.854. The van der Waals surface area contributed by atoms with E-state index in [0.29, 0.717) is 16.7 Å². The number of hydrogen-bond acceptors (Lipinski definition) is 3. The molecule has 0 aromatic heterocycles. The topological polar surface area (TPSA) is 38.7 Å². The van der Waals surface area contributed by atoms with Crippen LogP contribution in [0.3, 0.4) is 0 Å². The van der Waals surface area contributed by atoms with Crippen LogP contribution in [0, 0.1) is 5.92 Å². The summed E-state index contributed by atoms with van der Waals surface area (Å²) in [6.07, 6.45) is 2.37. The van der Waals surface area contributed by atoms with E-state index in [1.165, 1.54) is 0 Å². The molecule has 1 unspecified atom stereocenters. The first kappa shape index (κ1) is 13.7. The van der Waals surface area contributed by atoms with Crippen LogP contribution in [0.2, 0.25) is 5.02 Å². The van der Waals surface area contributed by atoms with Crippen LogP contribution in [0.25, 0.3) is 0 Å². The van der Waals surface area contributed by atoms with Gasteiger partial charge in [-0.2, -0.15) is 0 Å².